The number of hydrogen-bond acceptors (Lipinski definition) is 4. The number of hydrogen-bond donors (Lipinski definition) is 0. The Labute approximate surface area is 111 Å². The van der Waals surface area contributed by atoms with Crippen molar-refractivity contribution >= 4 is 17.7 Å². The van der Waals surface area contributed by atoms with Crippen LogP contribution in [0.3, 0.4) is 0 Å². The summed E-state index contributed by atoms with van der Waals surface area (Å²) in [7, 11) is 0. The zero-order valence-corrected chi connectivity index (χ0v) is 10.7. The number of esters is 1. The molecule has 19 heavy (non-hydrogen) atoms. The predicted octanol–water partition coefficient (Wildman–Crippen LogP) is 2.09. The number of ether oxygens (including phenoxy) is 1. The summed E-state index contributed by atoms with van der Waals surface area (Å²) in [5.74, 6) is -0.899. The third-order valence-electron chi connectivity index (χ3n) is 2.81. The number of carbonyl (C=O) groups is 2. The van der Waals surface area contributed by atoms with Crippen LogP contribution in [0, 0.1) is 0 Å². The van der Waals surface area contributed by atoms with E-state index in [2.05, 4.69) is 4.99 Å². The van der Waals surface area contributed by atoms with Crippen molar-refractivity contribution < 1.29 is 14.3 Å². The largest absolute Gasteiger partial charge is 0.402 e. The molecule has 0 bridgehead atoms. The molecular weight excluding hydrogens is 242 g/mol. The Morgan fingerprint density at radius 1 is 1.37 bits per heavy atom. The fourth-order valence-corrected chi connectivity index (χ4v) is 1.74. The maximum atomic E-state index is 11.7. The number of carbonyl (C=O) groups excluding carboxylic acids is 2. The van der Waals surface area contributed by atoms with Crippen molar-refractivity contribution in [1.82, 2.24) is 0 Å². The molecule has 4 heteroatoms. The Hall–Kier alpha value is -2.23. The first kappa shape index (κ1) is 13.2. The Kier molecular flexibility index (Phi) is 4.23. The van der Waals surface area contributed by atoms with Crippen LogP contribution in [0.5, 0.6) is 0 Å². The van der Waals surface area contributed by atoms with Crippen LogP contribution < -0.4 is 0 Å². The number of allylic oxidation sites excluding steroid dienone is 1. The van der Waals surface area contributed by atoms with Crippen LogP contribution in [-0.2, 0) is 20.7 Å². The minimum Gasteiger partial charge on any atom is -0.402 e. The molecule has 1 atom stereocenters. The maximum absolute atomic E-state index is 11.7. The van der Waals surface area contributed by atoms with Crippen molar-refractivity contribution in [2.24, 2.45) is 4.99 Å². The predicted molar refractivity (Wildman–Crippen MR) is 71.9 cm³/mol. The molecule has 0 unspecified atom stereocenters. The van der Waals surface area contributed by atoms with Crippen molar-refractivity contribution in [3.8, 4) is 0 Å². The molecule has 2 rings (SSSR count). The summed E-state index contributed by atoms with van der Waals surface area (Å²) in [4.78, 5) is 27.0. The van der Waals surface area contributed by atoms with E-state index >= 15 is 0 Å². The van der Waals surface area contributed by atoms with Gasteiger partial charge in [0.2, 0.25) is 5.78 Å². The Morgan fingerprint density at radius 2 is 2.11 bits per heavy atom. The van der Waals surface area contributed by atoms with Gasteiger partial charge in [0.05, 0.1) is 0 Å². The zero-order valence-electron chi connectivity index (χ0n) is 10.7. The van der Waals surface area contributed by atoms with Gasteiger partial charge in [-0.3, -0.25) is 4.79 Å². The van der Waals surface area contributed by atoms with Crippen LogP contribution in [0.4, 0.5) is 0 Å². The Bertz CT molecular complexity index is 532. The third-order valence-corrected chi connectivity index (χ3v) is 2.81. The molecular formula is C15H15NO3. The summed E-state index contributed by atoms with van der Waals surface area (Å²) < 4.78 is 4.84. The van der Waals surface area contributed by atoms with Gasteiger partial charge in [0.1, 0.15) is 0 Å². The van der Waals surface area contributed by atoms with Gasteiger partial charge in [0, 0.05) is 0 Å². The first-order chi connectivity index (χ1) is 9.20. The quantitative estimate of drug-likeness (QED) is 0.599. The van der Waals surface area contributed by atoms with Gasteiger partial charge in [-0.2, -0.15) is 0 Å². The van der Waals surface area contributed by atoms with Gasteiger partial charge in [-0.1, -0.05) is 43.3 Å². The van der Waals surface area contributed by atoms with Crippen molar-refractivity contribution in [1.29, 1.82) is 0 Å². The number of nitrogens with zero attached hydrogens (tertiary/aromatic N) is 1. The van der Waals surface area contributed by atoms with Crippen LogP contribution in [0.2, 0.25) is 0 Å². The first-order valence-electron chi connectivity index (χ1n) is 6.25. The van der Waals surface area contributed by atoms with E-state index in [9.17, 15) is 9.59 Å². The average molecular weight is 257 g/mol. The zero-order chi connectivity index (χ0) is 13.7. The topological polar surface area (TPSA) is 55.7 Å². The molecule has 0 fully saturated rings. The smallest absolute Gasteiger partial charge is 0.337 e. The second kappa shape index (κ2) is 6.09. The number of rotatable bonds is 5. The highest BCUT2D eigenvalue weighted by molar-refractivity contribution is 6.43. The molecule has 0 saturated carbocycles. The summed E-state index contributed by atoms with van der Waals surface area (Å²) in [5.41, 5.74) is 1.11. The number of cyclic esters (lactones) is 1. The van der Waals surface area contributed by atoms with Gasteiger partial charge >= 0.3 is 5.97 Å². The van der Waals surface area contributed by atoms with Crippen LogP contribution >= 0.6 is 0 Å². The number of ketones is 1. The molecule has 0 radical (unpaired) electrons. The van der Waals surface area contributed by atoms with Crippen LogP contribution in [0.15, 0.2) is 47.5 Å². The Balaban J connectivity index is 1.93. The van der Waals surface area contributed by atoms with E-state index in [4.69, 9.17) is 4.74 Å². The van der Waals surface area contributed by atoms with E-state index in [-0.39, 0.29) is 11.7 Å². The van der Waals surface area contributed by atoms with Gasteiger partial charge in [0.25, 0.3) is 5.90 Å². The lowest BCUT2D eigenvalue weighted by atomic mass is 10.1. The standard InChI is InChI=1S/C15H15NO3/c1-2-12-15(18)19-14(16-12)13(17)10-6-9-11-7-4-3-5-8-11/h3-8,10,12H,2,9H2,1H3/b10-6+/t12-/m0/s1. The van der Waals surface area contributed by atoms with Gasteiger partial charge in [-0.05, 0) is 24.5 Å². The summed E-state index contributed by atoms with van der Waals surface area (Å²) >= 11 is 0. The monoisotopic (exact) mass is 257 g/mol. The van der Waals surface area contributed by atoms with Gasteiger partial charge in [0.15, 0.2) is 6.04 Å². The summed E-state index contributed by atoms with van der Waals surface area (Å²) in [6.07, 6.45) is 4.35. The molecule has 0 amide bonds. The second-order valence-electron chi connectivity index (χ2n) is 4.24. The lowest BCUT2D eigenvalue weighted by Gasteiger charge is -1.95. The molecule has 1 aromatic rings. The molecule has 0 spiro atoms. The van der Waals surface area contributed by atoms with Crippen molar-refractivity contribution in [2.45, 2.75) is 25.8 Å². The molecule has 1 aliphatic rings. The van der Waals surface area contributed by atoms with Crippen molar-refractivity contribution in [2.75, 3.05) is 0 Å². The summed E-state index contributed by atoms with van der Waals surface area (Å²) in [6.45, 7) is 1.83. The lowest BCUT2D eigenvalue weighted by molar-refractivity contribution is -0.136. The molecule has 0 saturated heterocycles. The molecule has 0 aliphatic carbocycles. The highest BCUT2D eigenvalue weighted by Crippen LogP contribution is 2.10. The molecule has 1 aliphatic heterocycles. The minimum absolute atomic E-state index is 0.0961. The van der Waals surface area contributed by atoms with Gasteiger partial charge < -0.3 is 4.74 Å². The van der Waals surface area contributed by atoms with E-state index in [0.29, 0.717) is 12.8 Å². The third kappa shape index (κ3) is 3.37. The fraction of sp³-hybridized carbons (Fsp3) is 0.267. The van der Waals surface area contributed by atoms with Gasteiger partial charge in [-0.15, -0.1) is 0 Å². The van der Waals surface area contributed by atoms with E-state index in [0.717, 1.165) is 5.56 Å². The number of aliphatic imine (C=N–C) groups is 1. The van der Waals surface area contributed by atoms with Crippen molar-refractivity contribution in [3.63, 3.8) is 0 Å². The summed E-state index contributed by atoms with van der Waals surface area (Å²) in [5, 5.41) is 0. The molecule has 98 valence electrons. The van der Waals surface area contributed by atoms with Crippen LogP contribution in [-0.4, -0.2) is 23.7 Å². The van der Waals surface area contributed by atoms with Crippen LogP contribution in [0.25, 0.3) is 0 Å². The van der Waals surface area contributed by atoms with Crippen LogP contribution in [0.1, 0.15) is 18.9 Å². The lowest BCUT2D eigenvalue weighted by Crippen LogP contribution is -2.16. The van der Waals surface area contributed by atoms with Gasteiger partial charge in [-0.25, -0.2) is 9.79 Å². The summed E-state index contributed by atoms with van der Waals surface area (Å²) in [6, 6.07) is 9.26. The molecule has 1 aromatic carbocycles. The molecule has 4 nitrogen and oxygen atoms in total. The SMILES string of the molecule is CC[C@@H]1N=C(C(=O)/C=C/Cc2ccccc2)OC1=O. The normalized spacial score (nSPS) is 18.5. The van der Waals surface area contributed by atoms with E-state index in [1.807, 2.05) is 37.3 Å². The van der Waals surface area contributed by atoms with E-state index < -0.39 is 12.0 Å². The second-order valence-corrected chi connectivity index (χ2v) is 4.24. The first-order valence-corrected chi connectivity index (χ1v) is 6.25. The minimum atomic E-state index is -0.526. The molecule has 0 aromatic heterocycles. The average Bonchev–Trinajstić information content (AvgIpc) is 2.81. The van der Waals surface area contributed by atoms with E-state index in [1.165, 1.54) is 6.08 Å². The maximum Gasteiger partial charge on any atom is 0.337 e. The number of benzene rings is 1. The molecule has 1 heterocycles. The van der Waals surface area contributed by atoms with Crippen molar-refractivity contribution in [3.05, 3.63) is 48.0 Å². The highest BCUT2D eigenvalue weighted by Gasteiger charge is 2.30. The molecule has 0 N–H and O–H groups in total. The fourth-order valence-electron chi connectivity index (χ4n) is 1.74. The van der Waals surface area contributed by atoms with E-state index in [1.54, 1.807) is 6.08 Å². The highest BCUT2D eigenvalue weighted by atomic mass is 16.6. The Morgan fingerprint density at radius 3 is 2.74 bits per heavy atom.